The van der Waals surface area contributed by atoms with E-state index in [4.69, 9.17) is 13.9 Å². The maximum atomic E-state index is 12.1. The molecule has 0 aliphatic carbocycles. The Bertz CT molecular complexity index is 1220. The van der Waals surface area contributed by atoms with Gasteiger partial charge in [-0.05, 0) is 67.8 Å². The van der Waals surface area contributed by atoms with Gasteiger partial charge in [-0.25, -0.2) is 10.2 Å². The minimum atomic E-state index is -0.895. The van der Waals surface area contributed by atoms with Crippen LogP contribution in [0, 0.1) is 10.1 Å². The van der Waals surface area contributed by atoms with Gasteiger partial charge in [-0.2, -0.15) is 5.10 Å². The minimum absolute atomic E-state index is 0.155. The van der Waals surface area contributed by atoms with Gasteiger partial charge in [0, 0.05) is 4.47 Å². The van der Waals surface area contributed by atoms with Crippen LogP contribution in [-0.2, 0) is 4.79 Å². The van der Waals surface area contributed by atoms with Gasteiger partial charge in [0.15, 0.2) is 6.61 Å². The molecule has 1 amide bonds. The Labute approximate surface area is 211 Å². The highest BCUT2D eigenvalue weighted by atomic mass is 79.9. The van der Waals surface area contributed by atoms with Gasteiger partial charge in [0.25, 0.3) is 5.91 Å². The van der Waals surface area contributed by atoms with Gasteiger partial charge in [-0.3, -0.25) is 14.9 Å². The van der Waals surface area contributed by atoms with Crippen molar-refractivity contribution in [1.82, 2.24) is 5.43 Å². The summed E-state index contributed by atoms with van der Waals surface area (Å²) in [6.45, 7) is -0.275. The SMILES string of the molecule is O=C(COc1c(Br)cc(Br)cc1Br)N/N=C/c1cccc(OC(=O)c2ccc([N+](=O)[O-])o2)c1. The van der Waals surface area contributed by atoms with E-state index >= 15 is 0 Å². The van der Waals surface area contributed by atoms with Crippen molar-refractivity contribution < 1.29 is 28.4 Å². The largest absolute Gasteiger partial charge is 0.481 e. The molecule has 0 fully saturated rings. The van der Waals surface area contributed by atoms with Crippen molar-refractivity contribution in [3.63, 3.8) is 0 Å². The highest BCUT2D eigenvalue weighted by Gasteiger charge is 2.19. The second-order valence-corrected chi connectivity index (χ2v) is 8.76. The summed E-state index contributed by atoms with van der Waals surface area (Å²) >= 11 is 10.1. The number of halogens is 3. The number of hydrogen-bond acceptors (Lipinski definition) is 8. The quantitative estimate of drug-likeness (QED) is 0.117. The van der Waals surface area contributed by atoms with Crippen molar-refractivity contribution in [2.75, 3.05) is 6.61 Å². The summed E-state index contributed by atoms with van der Waals surface area (Å²) in [7, 11) is 0. The average Bonchev–Trinajstić information content (AvgIpc) is 3.24. The molecule has 0 unspecified atom stereocenters. The first-order valence-electron chi connectivity index (χ1n) is 8.88. The Hall–Kier alpha value is -3.03. The molecular weight excluding hydrogens is 634 g/mol. The van der Waals surface area contributed by atoms with E-state index in [1.165, 1.54) is 18.3 Å². The van der Waals surface area contributed by atoms with Crippen molar-refractivity contribution in [1.29, 1.82) is 0 Å². The summed E-state index contributed by atoms with van der Waals surface area (Å²) in [5, 5.41) is 14.5. The number of hydrogen-bond donors (Lipinski definition) is 1. The number of ether oxygens (including phenoxy) is 2. The number of esters is 1. The van der Waals surface area contributed by atoms with Crippen molar-refractivity contribution in [2.45, 2.75) is 0 Å². The molecule has 1 N–H and O–H groups in total. The van der Waals surface area contributed by atoms with Crippen LogP contribution in [-0.4, -0.2) is 29.6 Å². The van der Waals surface area contributed by atoms with Crippen molar-refractivity contribution in [3.05, 3.63) is 83.4 Å². The minimum Gasteiger partial charge on any atom is -0.481 e. The van der Waals surface area contributed by atoms with Gasteiger partial charge in [0.1, 0.15) is 16.4 Å². The normalized spacial score (nSPS) is 10.8. The van der Waals surface area contributed by atoms with E-state index in [-0.39, 0.29) is 18.1 Å². The highest BCUT2D eigenvalue weighted by Crippen LogP contribution is 2.36. The van der Waals surface area contributed by atoms with Gasteiger partial charge in [0.2, 0.25) is 5.76 Å². The molecular formula is C20H12Br3N3O7. The fourth-order valence-corrected chi connectivity index (χ4v) is 4.85. The lowest BCUT2D eigenvalue weighted by molar-refractivity contribution is -0.402. The number of amides is 1. The molecule has 0 bridgehead atoms. The van der Waals surface area contributed by atoms with Crippen LogP contribution in [0.3, 0.4) is 0 Å². The number of hydrazone groups is 1. The molecule has 2 aromatic carbocycles. The molecule has 1 aromatic heterocycles. The van der Waals surface area contributed by atoms with Gasteiger partial charge in [0.05, 0.1) is 21.2 Å². The number of rotatable bonds is 8. The topological polar surface area (TPSA) is 133 Å². The smallest absolute Gasteiger partial charge is 0.433 e. The Morgan fingerprint density at radius 2 is 1.85 bits per heavy atom. The first kappa shape index (κ1) is 24.6. The third-order valence-corrected chi connectivity index (χ3v) is 5.39. The predicted octanol–water partition coefficient (Wildman–Crippen LogP) is 5.22. The lowest BCUT2D eigenvalue weighted by Gasteiger charge is -2.09. The number of nitrogens with zero attached hydrogens (tertiary/aromatic N) is 2. The number of carbonyl (C=O) groups is 2. The Morgan fingerprint density at radius 1 is 1.12 bits per heavy atom. The number of benzene rings is 2. The Kier molecular flexibility index (Phi) is 8.36. The fourth-order valence-electron chi connectivity index (χ4n) is 2.37. The van der Waals surface area contributed by atoms with Crippen molar-refractivity contribution in [2.24, 2.45) is 5.10 Å². The third-order valence-electron chi connectivity index (χ3n) is 3.76. The highest BCUT2D eigenvalue weighted by molar-refractivity contribution is 9.11. The van der Waals surface area contributed by atoms with E-state index in [0.717, 1.165) is 16.6 Å². The summed E-state index contributed by atoms with van der Waals surface area (Å²) in [4.78, 5) is 34.0. The summed E-state index contributed by atoms with van der Waals surface area (Å²) < 4.78 is 17.6. The van der Waals surface area contributed by atoms with E-state index < -0.39 is 22.7 Å². The maximum Gasteiger partial charge on any atom is 0.433 e. The van der Waals surface area contributed by atoms with Gasteiger partial charge < -0.3 is 13.9 Å². The molecule has 0 atom stereocenters. The second kappa shape index (κ2) is 11.2. The van der Waals surface area contributed by atoms with Crippen LogP contribution in [0.2, 0.25) is 0 Å². The van der Waals surface area contributed by atoms with E-state index in [1.54, 1.807) is 24.3 Å². The molecule has 3 rings (SSSR count). The number of carbonyl (C=O) groups excluding carboxylic acids is 2. The molecule has 3 aromatic rings. The van der Waals surface area contributed by atoms with Crippen molar-refractivity contribution >= 4 is 71.8 Å². The van der Waals surface area contributed by atoms with Gasteiger partial charge in [-0.15, -0.1) is 0 Å². The zero-order valence-electron chi connectivity index (χ0n) is 16.3. The summed E-state index contributed by atoms with van der Waals surface area (Å²) in [5.41, 5.74) is 2.85. The van der Waals surface area contributed by atoms with Crippen LogP contribution in [0.1, 0.15) is 16.1 Å². The van der Waals surface area contributed by atoms with Crippen LogP contribution in [0.4, 0.5) is 5.88 Å². The summed E-state index contributed by atoms with van der Waals surface area (Å²) in [5.74, 6) is -1.64. The first-order valence-corrected chi connectivity index (χ1v) is 11.3. The third kappa shape index (κ3) is 6.97. The van der Waals surface area contributed by atoms with Crippen molar-refractivity contribution in [3.8, 4) is 11.5 Å². The van der Waals surface area contributed by atoms with E-state index in [0.29, 0.717) is 20.3 Å². The molecule has 0 saturated carbocycles. The standard InChI is InChI=1S/C20H12Br3N3O7/c21-12-7-14(22)19(15(23)8-12)31-10-17(27)25-24-9-11-2-1-3-13(6-11)32-20(28)16-4-5-18(33-16)26(29)30/h1-9H,10H2,(H,25,27)/b24-9+. The molecule has 170 valence electrons. The van der Waals surface area contributed by atoms with E-state index in [1.807, 2.05) is 0 Å². The fraction of sp³-hybridized carbons (Fsp3) is 0.0500. The average molecular weight is 646 g/mol. The first-order chi connectivity index (χ1) is 15.7. The van der Waals surface area contributed by atoms with Crippen LogP contribution < -0.4 is 14.9 Å². The molecule has 0 aliphatic heterocycles. The molecule has 0 spiro atoms. The molecule has 1 heterocycles. The van der Waals surface area contributed by atoms with Crippen LogP contribution in [0.15, 0.2) is 71.5 Å². The lowest BCUT2D eigenvalue weighted by Crippen LogP contribution is -2.24. The monoisotopic (exact) mass is 643 g/mol. The molecule has 13 heteroatoms. The molecule has 0 aliphatic rings. The molecule has 0 radical (unpaired) electrons. The van der Waals surface area contributed by atoms with Gasteiger partial charge >= 0.3 is 11.9 Å². The summed E-state index contributed by atoms with van der Waals surface area (Å²) in [6.07, 6.45) is 1.35. The number of nitro groups is 1. The summed E-state index contributed by atoms with van der Waals surface area (Å²) in [6, 6.07) is 12.0. The molecule has 10 nitrogen and oxygen atoms in total. The molecule has 33 heavy (non-hydrogen) atoms. The van der Waals surface area contributed by atoms with E-state index in [2.05, 4.69) is 58.3 Å². The Morgan fingerprint density at radius 3 is 2.52 bits per heavy atom. The van der Waals surface area contributed by atoms with Crippen LogP contribution in [0.5, 0.6) is 11.5 Å². The van der Waals surface area contributed by atoms with Crippen LogP contribution >= 0.6 is 47.8 Å². The molecule has 0 saturated heterocycles. The maximum absolute atomic E-state index is 12.1. The lowest BCUT2D eigenvalue weighted by atomic mass is 10.2. The van der Waals surface area contributed by atoms with E-state index in [9.17, 15) is 19.7 Å². The van der Waals surface area contributed by atoms with Gasteiger partial charge in [-0.1, -0.05) is 28.1 Å². The van der Waals surface area contributed by atoms with Crippen LogP contribution in [0.25, 0.3) is 0 Å². The zero-order chi connectivity index (χ0) is 24.0. The zero-order valence-corrected chi connectivity index (χ0v) is 21.0. The Balaban J connectivity index is 1.54. The number of furan rings is 1. The predicted molar refractivity (Wildman–Crippen MR) is 128 cm³/mol. The number of nitrogens with one attached hydrogen (secondary N) is 1. The second-order valence-electron chi connectivity index (χ2n) is 6.14.